The molecule has 53 heavy (non-hydrogen) atoms. The molecule has 0 heterocycles. The lowest BCUT2D eigenvalue weighted by Gasteiger charge is -2.58. The number of hydrogen-bond acceptors (Lipinski definition) is 4. The van der Waals surface area contributed by atoms with Gasteiger partial charge in [0.1, 0.15) is 0 Å². The molecule has 9 atom stereocenters. The van der Waals surface area contributed by atoms with Crippen LogP contribution < -0.4 is 0 Å². The molecule has 0 aromatic heterocycles. The van der Waals surface area contributed by atoms with Gasteiger partial charge < -0.3 is 19.6 Å². The fourth-order valence-electron chi connectivity index (χ4n) is 11.4. The first kappa shape index (κ1) is 47.3. The van der Waals surface area contributed by atoms with Crippen LogP contribution in [-0.2, 0) is 18.2 Å². The first-order valence-electron chi connectivity index (χ1n) is 22.1. The highest BCUT2D eigenvalue weighted by atomic mass is 31.2. The molecule has 0 radical (unpaired) electrons. The first-order chi connectivity index (χ1) is 25.0. The molecule has 3 fully saturated rings. The standard InChI is InChI=1S/C43H79O4P.H3O4P/c1-7-8-9-10-11-12-13-14-15-16-17-18-19-20-32-46-48(44,45)47-37-28-30-42(5)36(33-37)24-25-38-40-27-26-39(35(4)23-21-22-34(2)3)43(40,6)31-29-41(38)42;1-5(2,3)4/h24,34-35,37-41H,7-23,25-33H2,1-6H3,(H,44,45);(H3,1,2,3,4)/t35-,37?,38+,39-,40+,41+,42+,43-;/m1./s1. The second kappa shape index (κ2) is 22.8. The maximum absolute atomic E-state index is 12.9. The molecule has 4 aliphatic carbocycles. The predicted octanol–water partition coefficient (Wildman–Crippen LogP) is 13.1. The van der Waals surface area contributed by atoms with Crippen LogP contribution in [0.15, 0.2) is 11.6 Å². The van der Waals surface area contributed by atoms with Gasteiger partial charge in [-0.05, 0) is 104 Å². The molecule has 0 aromatic carbocycles. The second-order valence-electron chi connectivity index (χ2n) is 18.7. The number of rotatable bonds is 23. The van der Waals surface area contributed by atoms with Gasteiger partial charge in [0.2, 0.25) is 0 Å². The lowest BCUT2D eigenvalue weighted by Crippen LogP contribution is -2.51. The fraction of sp³-hybridized carbons (Fsp3) is 0.953. The van der Waals surface area contributed by atoms with Gasteiger partial charge in [0.05, 0.1) is 12.7 Å². The fourth-order valence-corrected chi connectivity index (χ4v) is 12.4. The zero-order valence-electron chi connectivity index (χ0n) is 34.8. The quantitative estimate of drug-likeness (QED) is 0.0457. The normalized spacial score (nSPS) is 31.5. The molecule has 0 saturated heterocycles. The molecule has 0 spiro atoms. The Bertz CT molecular complexity index is 1160. The largest absolute Gasteiger partial charge is 0.472 e. The summed E-state index contributed by atoms with van der Waals surface area (Å²) in [5, 5.41) is 0. The Kier molecular flexibility index (Phi) is 20.3. The van der Waals surface area contributed by atoms with Crippen LogP contribution in [0, 0.1) is 46.3 Å². The van der Waals surface area contributed by atoms with Crippen molar-refractivity contribution in [2.45, 2.75) is 208 Å². The molecule has 0 amide bonds. The predicted molar refractivity (Wildman–Crippen MR) is 218 cm³/mol. The van der Waals surface area contributed by atoms with Crippen LogP contribution in [0.25, 0.3) is 0 Å². The molecular weight excluding hydrogens is 706 g/mol. The van der Waals surface area contributed by atoms with E-state index in [9.17, 15) is 9.46 Å². The molecule has 0 bridgehead atoms. The van der Waals surface area contributed by atoms with Gasteiger partial charge in [0, 0.05) is 0 Å². The first-order valence-corrected chi connectivity index (χ1v) is 25.2. The van der Waals surface area contributed by atoms with Gasteiger partial charge >= 0.3 is 15.6 Å². The molecule has 0 aliphatic heterocycles. The summed E-state index contributed by atoms with van der Waals surface area (Å²) in [5.74, 6) is 4.97. The summed E-state index contributed by atoms with van der Waals surface area (Å²) in [6, 6.07) is 0. The average Bonchev–Trinajstić information content (AvgIpc) is 3.43. The van der Waals surface area contributed by atoms with Crippen LogP contribution in [0.3, 0.4) is 0 Å². The topological polar surface area (TPSA) is 134 Å². The number of allylic oxidation sites excluding steroid dienone is 1. The van der Waals surface area contributed by atoms with Crippen LogP contribution >= 0.6 is 15.6 Å². The zero-order chi connectivity index (χ0) is 39.1. The summed E-state index contributed by atoms with van der Waals surface area (Å²) in [5.41, 5.74) is 2.24. The lowest BCUT2D eigenvalue weighted by molar-refractivity contribution is -0.0573. The minimum atomic E-state index is -4.64. The minimum absolute atomic E-state index is 0.204. The van der Waals surface area contributed by atoms with Crippen molar-refractivity contribution >= 4 is 15.6 Å². The molecular formula is C43H82O8P2. The molecule has 4 aliphatic rings. The van der Waals surface area contributed by atoms with Gasteiger partial charge in [-0.2, -0.15) is 0 Å². The van der Waals surface area contributed by atoms with E-state index in [1.165, 1.54) is 134 Å². The van der Waals surface area contributed by atoms with E-state index in [1.807, 2.05) is 0 Å². The Labute approximate surface area is 325 Å². The van der Waals surface area contributed by atoms with Gasteiger partial charge in [-0.15, -0.1) is 0 Å². The van der Waals surface area contributed by atoms with E-state index in [0.717, 1.165) is 67.6 Å². The van der Waals surface area contributed by atoms with Gasteiger partial charge in [0.15, 0.2) is 0 Å². The highest BCUT2D eigenvalue weighted by Gasteiger charge is 2.59. The van der Waals surface area contributed by atoms with E-state index in [2.05, 4.69) is 47.6 Å². The SMILES string of the molecule is CCCCCCCCCCCCCCCCOP(=O)(O)OC1CC[C@@]2(C)C(=CC[C@H]3[C@@H]4CC[C@H]([C@H](C)CCCC(C)C)[C@@]4(C)CC[C@@H]32)C1.O=P(O)(O)O. The summed E-state index contributed by atoms with van der Waals surface area (Å²) in [6.45, 7) is 15.1. The smallest absolute Gasteiger partial charge is 0.303 e. The highest BCUT2D eigenvalue weighted by molar-refractivity contribution is 7.47. The maximum atomic E-state index is 12.9. The molecule has 312 valence electrons. The minimum Gasteiger partial charge on any atom is -0.303 e. The second-order valence-corrected chi connectivity index (χ2v) is 21.1. The van der Waals surface area contributed by atoms with Crippen molar-refractivity contribution in [2.75, 3.05) is 6.61 Å². The van der Waals surface area contributed by atoms with Crippen LogP contribution in [0.1, 0.15) is 202 Å². The Morgan fingerprint density at radius 1 is 0.736 bits per heavy atom. The van der Waals surface area contributed by atoms with Crippen molar-refractivity contribution in [3.63, 3.8) is 0 Å². The third-order valence-corrected chi connectivity index (χ3v) is 15.4. The Balaban J connectivity index is 0.00000141. The van der Waals surface area contributed by atoms with E-state index in [1.54, 1.807) is 0 Å². The van der Waals surface area contributed by atoms with Gasteiger partial charge in [-0.1, -0.05) is 156 Å². The number of phosphoric acid groups is 2. The molecule has 2 unspecified atom stereocenters. The Hall–Kier alpha value is -0.0400. The van der Waals surface area contributed by atoms with E-state index < -0.39 is 15.6 Å². The van der Waals surface area contributed by atoms with Crippen molar-refractivity contribution in [3.8, 4) is 0 Å². The van der Waals surface area contributed by atoms with Crippen molar-refractivity contribution in [3.05, 3.63) is 11.6 Å². The lowest BCUT2D eigenvalue weighted by atomic mass is 9.47. The van der Waals surface area contributed by atoms with Crippen molar-refractivity contribution < 1.29 is 37.8 Å². The molecule has 10 heteroatoms. The summed E-state index contributed by atoms with van der Waals surface area (Å²) in [6.07, 6.45) is 34.2. The van der Waals surface area contributed by atoms with Crippen LogP contribution in [-0.4, -0.2) is 32.3 Å². The number of phosphoric ester groups is 1. The Morgan fingerprint density at radius 3 is 1.87 bits per heavy atom. The number of hydrogen-bond donors (Lipinski definition) is 4. The third-order valence-electron chi connectivity index (χ3n) is 14.3. The third kappa shape index (κ3) is 15.7. The maximum Gasteiger partial charge on any atom is 0.472 e. The number of fused-ring (bicyclic) bond motifs is 5. The molecule has 0 aromatic rings. The van der Waals surface area contributed by atoms with E-state index >= 15 is 0 Å². The van der Waals surface area contributed by atoms with Gasteiger partial charge in [0.25, 0.3) is 0 Å². The summed E-state index contributed by atoms with van der Waals surface area (Å²) in [4.78, 5) is 32.2. The van der Waals surface area contributed by atoms with E-state index in [0.29, 0.717) is 12.0 Å². The van der Waals surface area contributed by atoms with Crippen LogP contribution in [0.4, 0.5) is 0 Å². The number of unbranched alkanes of at least 4 members (excludes halogenated alkanes) is 13. The molecule has 8 nitrogen and oxygen atoms in total. The van der Waals surface area contributed by atoms with Crippen molar-refractivity contribution in [2.24, 2.45) is 46.3 Å². The average molecular weight is 789 g/mol. The summed E-state index contributed by atoms with van der Waals surface area (Å²) < 4.78 is 33.1. The van der Waals surface area contributed by atoms with E-state index in [-0.39, 0.29) is 11.5 Å². The summed E-state index contributed by atoms with van der Waals surface area (Å²) in [7, 11) is -8.67. The van der Waals surface area contributed by atoms with Crippen molar-refractivity contribution in [1.29, 1.82) is 0 Å². The van der Waals surface area contributed by atoms with Gasteiger partial charge in [-0.3, -0.25) is 9.05 Å². The van der Waals surface area contributed by atoms with Crippen LogP contribution in [0.5, 0.6) is 0 Å². The van der Waals surface area contributed by atoms with Gasteiger partial charge in [-0.25, -0.2) is 9.13 Å². The molecule has 4 N–H and O–H groups in total. The van der Waals surface area contributed by atoms with Crippen molar-refractivity contribution in [1.82, 2.24) is 0 Å². The van der Waals surface area contributed by atoms with Crippen LogP contribution in [0.2, 0.25) is 0 Å². The molecule has 3 saturated carbocycles. The monoisotopic (exact) mass is 789 g/mol. The zero-order valence-corrected chi connectivity index (χ0v) is 36.6. The summed E-state index contributed by atoms with van der Waals surface area (Å²) >= 11 is 0. The highest BCUT2D eigenvalue weighted by Crippen LogP contribution is 2.67. The van der Waals surface area contributed by atoms with E-state index in [4.69, 9.17) is 28.3 Å². The Morgan fingerprint density at radius 2 is 1.30 bits per heavy atom. The molecule has 4 rings (SSSR count).